The quantitative estimate of drug-likeness (QED) is 0.652. The van der Waals surface area contributed by atoms with Crippen LogP contribution < -0.4 is 10.6 Å². The van der Waals surface area contributed by atoms with Crippen molar-refractivity contribution in [2.45, 2.75) is 20.3 Å². The van der Waals surface area contributed by atoms with E-state index < -0.39 is 0 Å². The third-order valence-electron chi connectivity index (χ3n) is 2.24. The molecule has 0 radical (unpaired) electrons. The molecule has 0 aliphatic rings. The maximum absolute atomic E-state index is 8.78. The predicted molar refractivity (Wildman–Crippen MR) is 65.6 cm³/mol. The van der Waals surface area contributed by atoms with Crippen LogP contribution in [0.5, 0.6) is 0 Å². The first-order chi connectivity index (χ1) is 7.76. The van der Waals surface area contributed by atoms with Crippen LogP contribution in [0.15, 0.2) is 12.3 Å². The van der Waals surface area contributed by atoms with Gasteiger partial charge in [0, 0.05) is 25.9 Å². The smallest absolute Gasteiger partial charge is 0.224 e. The van der Waals surface area contributed by atoms with Crippen LogP contribution in [-0.2, 0) is 0 Å². The van der Waals surface area contributed by atoms with Crippen molar-refractivity contribution in [2.75, 3.05) is 30.3 Å². The van der Waals surface area contributed by atoms with Crippen molar-refractivity contribution in [3.05, 3.63) is 12.3 Å². The average molecular weight is 224 g/mol. The maximum atomic E-state index is 8.78. The van der Waals surface area contributed by atoms with Crippen LogP contribution in [0, 0.1) is 5.92 Å². The van der Waals surface area contributed by atoms with E-state index in [-0.39, 0.29) is 6.61 Å². The van der Waals surface area contributed by atoms with Crippen LogP contribution in [0.25, 0.3) is 0 Å². The molecule has 1 aromatic rings. The summed E-state index contributed by atoms with van der Waals surface area (Å²) >= 11 is 0. The van der Waals surface area contributed by atoms with Gasteiger partial charge in [-0.25, -0.2) is 4.98 Å². The fraction of sp³-hybridized carbons (Fsp3) is 0.636. The van der Waals surface area contributed by atoms with Gasteiger partial charge in [0.1, 0.15) is 5.82 Å². The molecule has 1 aromatic heterocycles. The molecule has 5 heteroatoms. The second-order valence-electron chi connectivity index (χ2n) is 3.79. The Hall–Kier alpha value is -1.36. The summed E-state index contributed by atoms with van der Waals surface area (Å²) < 4.78 is 0. The summed E-state index contributed by atoms with van der Waals surface area (Å²) in [5.41, 5.74) is 0. The Morgan fingerprint density at radius 1 is 1.44 bits per heavy atom. The van der Waals surface area contributed by atoms with Crippen LogP contribution in [0.4, 0.5) is 11.8 Å². The standard InChI is InChI=1S/C11H20N4O/c1-3-12-11-13-6-4-10(15-11)14-8-9(2)5-7-16/h4,6,9,16H,3,5,7-8H2,1-2H3,(H2,12,13,14,15). The molecule has 1 heterocycles. The van der Waals surface area contributed by atoms with Crippen molar-refractivity contribution in [3.63, 3.8) is 0 Å². The fourth-order valence-electron chi connectivity index (χ4n) is 1.30. The van der Waals surface area contributed by atoms with Gasteiger partial charge < -0.3 is 15.7 Å². The van der Waals surface area contributed by atoms with Gasteiger partial charge in [-0.3, -0.25) is 0 Å². The molecule has 0 amide bonds. The molecular formula is C11H20N4O. The SMILES string of the molecule is CCNc1nccc(NCC(C)CCO)n1. The van der Waals surface area contributed by atoms with Gasteiger partial charge in [-0.1, -0.05) is 6.92 Å². The molecular weight excluding hydrogens is 204 g/mol. The summed E-state index contributed by atoms with van der Waals surface area (Å²) in [6.07, 6.45) is 2.53. The maximum Gasteiger partial charge on any atom is 0.224 e. The molecule has 0 aromatic carbocycles. The van der Waals surface area contributed by atoms with Crippen molar-refractivity contribution >= 4 is 11.8 Å². The molecule has 16 heavy (non-hydrogen) atoms. The van der Waals surface area contributed by atoms with Crippen LogP contribution in [0.3, 0.4) is 0 Å². The van der Waals surface area contributed by atoms with Crippen LogP contribution >= 0.6 is 0 Å². The summed E-state index contributed by atoms with van der Waals surface area (Å²) in [6, 6.07) is 1.84. The van der Waals surface area contributed by atoms with Gasteiger partial charge in [-0.05, 0) is 25.3 Å². The topological polar surface area (TPSA) is 70.1 Å². The molecule has 0 saturated carbocycles. The van der Waals surface area contributed by atoms with E-state index in [1.165, 1.54) is 0 Å². The van der Waals surface area contributed by atoms with Crippen LogP contribution in [0.1, 0.15) is 20.3 Å². The van der Waals surface area contributed by atoms with Crippen molar-refractivity contribution in [2.24, 2.45) is 5.92 Å². The van der Waals surface area contributed by atoms with E-state index in [1.54, 1.807) is 6.20 Å². The molecule has 0 saturated heterocycles. The third-order valence-corrected chi connectivity index (χ3v) is 2.24. The molecule has 1 unspecified atom stereocenters. The minimum absolute atomic E-state index is 0.231. The lowest BCUT2D eigenvalue weighted by Gasteiger charge is -2.12. The molecule has 0 bridgehead atoms. The number of nitrogens with zero attached hydrogens (tertiary/aromatic N) is 2. The van der Waals surface area contributed by atoms with E-state index in [1.807, 2.05) is 13.0 Å². The largest absolute Gasteiger partial charge is 0.396 e. The molecule has 0 aliphatic carbocycles. The highest BCUT2D eigenvalue weighted by Gasteiger charge is 2.02. The van der Waals surface area contributed by atoms with Crippen LogP contribution in [-0.4, -0.2) is 34.8 Å². The molecule has 0 fully saturated rings. The van der Waals surface area contributed by atoms with Crippen molar-refractivity contribution in [1.82, 2.24) is 9.97 Å². The third kappa shape index (κ3) is 4.44. The molecule has 3 N–H and O–H groups in total. The number of nitrogens with one attached hydrogen (secondary N) is 2. The summed E-state index contributed by atoms with van der Waals surface area (Å²) in [4.78, 5) is 8.39. The minimum atomic E-state index is 0.231. The Labute approximate surface area is 96.3 Å². The fourth-order valence-corrected chi connectivity index (χ4v) is 1.30. The molecule has 90 valence electrons. The first-order valence-corrected chi connectivity index (χ1v) is 5.68. The van der Waals surface area contributed by atoms with Gasteiger partial charge in [0.15, 0.2) is 0 Å². The van der Waals surface area contributed by atoms with Crippen LogP contribution in [0.2, 0.25) is 0 Å². The number of aliphatic hydroxyl groups is 1. The first-order valence-electron chi connectivity index (χ1n) is 5.68. The van der Waals surface area contributed by atoms with Gasteiger partial charge in [0.25, 0.3) is 0 Å². The normalized spacial score (nSPS) is 12.2. The summed E-state index contributed by atoms with van der Waals surface area (Å²) in [5.74, 6) is 1.89. The lowest BCUT2D eigenvalue weighted by molar-refractivity contribution is 0.266. The lowest BCUT2D eigenvalue weighted by atomic mass is 10.1. The Balaban J connectivity index is 2.44. The van der Waals surface area contributed by atoms with E-state index in [0.29, 0.717) is 11.9 Å². The van der Waals surface area contributed by atoms with E-state index in [4.69, 9.17) is 5.11 Å². The minimum Gasteiger partial charge on any atom is -0.396 e. The predicted octanol–water partition coefficient (Wildman–Crippen LogP) is 1.34. The summed E-state index contributed by atoms with van der Waals surface area (Å²) in [7, 11) is 0. The number of aliphatic hydroxyl groups excluding tert-OH is 1. The number of aromatic nitrogens is 2. The number of rotatable bonds is 7. The van der Waals surface area contributed by atoms with E-state index in [2.05, 4.69) is 27.5 Å². The second kappa shape index (κ2) is 7.00. The van der Waals surface area contributed by atoms with Gasteiger partial charge in [0.2, 0.25) is 5.95 Å². The van der Waals surface area contributed by atoms with Gasteiger partial charge in [-0.15, -0.1) is 0 Å². The first kappa shape index (κ1) is 12.7. The Kier molecular flexibility index (Phi) is 5.56. The van der Waals surface area contributed by atoms with Gasteiger partial charge in [-0.2, -0.15) is 4.98 Å². The zero-order chi connectivity index (χ0) is 11.8. The van der Waals surface area contributed by atoms with Crippen molar-refractivity contribution in [1.29, 1.82) is 0 Å². The molecule has 1 rings (SSSR count). The summed E-state index contributed by atoms with van der Waals surface area (Å²) in [6.45, 7) is 5.95. The van der Waals surface area contributed by atoms with Crippen molar-refractivity contribution < 1.29 is 5.11 Å². The van der Waals surface area contributed by atoms with E-state index >= 15 is 0 Å². The molecule has 0 spiro atoms. The van der Waals surface area contributed by atoms with E-state index in [9.17, 15) is 0 Å². The zero-order valence-electron chi connectivity index (χ0n) is 9.90. The van der Waals surface area contributed by atoms with E-state index in [0.717, 1.165) is 25.3 Å². The number of hydrogen-bond acceptors (Lipinski definition) is 5. The molecule has 0 aliphatic heterocycles. The van der Waals surface area contributed by atoms with Crippen molar-refractivity contribution in [3.8, 4) is 0 Å². The number of hydrogen-bond donors (Lipinski definition) is 3. The number of anilines is 2. The van der Waals surface area contributed by atoms with Gasteiger partial charge in [0.05, 0.1) is 0 Å². The monoisotopic (exact) mass is 224 g/mol. The Morgan fingerprint density at radius 3 is 2.94 bits per heavy atom. The Bertz CT molecular complexity index is 306. The molecule has 5 nitrogen and oxygen atoms in total. The Morgan fingerprint density at radius 2 is 2.25 bits per heavy atom. The lowest BCUT2D eigenvalue weighted by Crippen LogP contribution is -2.14. The highest BCUT2D eigenvalue weighted by molar-refractivity contribution is 5.39. The summed E-state index contributed by atoms with van der Waals surface area (Å²) in [5, 5.41) is 15.1. The highest BCUT2D eigenvalue weighted by Crippen LogP contribution is 2.07. The highest BCUT2D eigenvalue weighted by atomic mass is 16.3. The average Bonchev–Trinajstić information content (AvgIpc) is 2.28. The molecule has 1 atom stereocenters. The second-order valence-corrected chi connectivity index (χ2v) is 3.79. The van der Waals surface area contributed by atoms with Gasteiger partial charge >= 0.3 is 0 Å². The zero-order valence-corrected chi connectivity index (χ0v) is 9.90.